The van der Waals surface area contributed by atoms with Gasteiger partial charge in [0, 0.05) is 12.0 Å². The minimum absolute atomic E-state index is 0.0141. The topological polar surface area (TPSA) is 47.3 Å². The molecule has 0 amide bonds. The molecule has 5 heteroatoms. The number of rotatable bonds is 6. The smallest absolute Gasteiger partial charge is 0.208 e. The summed E-state index contributed by atoms with van der Waals surface area (Å²) in [4.78, 5) is 4.22. The van der Waals surface area contributed by atoms with E-state index in [0.717, 1.165) is 11.3 Å². The van der Waals surface area contributed by atoms with Gasteiger partial charge in [-0.05, 0) is 24.6 Å². The molecule has 0 radical (unpaired) electrons. The summed E-state index contributed by atoms with van der Waals surface area (Å²) in [5, 5.41) is 3.27. The molecule has 2 aromatic rings. The third kappa shape index (κ3) is 3.82. The summed E-state index contributed by atoms with van der Waals surface area (Å²) >= 11 is 0. The second-order valence-electron chi connectivity index (χ2n) is 5.31. The Hall–Kier alpha value is -1.88. The number of oxazole rings is 1. The predicted octanol–water partition coefficient (Wildman–Crippen LogP) is 3.80. The molecule has 21 heavy (non-hydrogen) atoms. The van der Waals surface area contributed by atoms with Gasteiger partial charge in [0.15, 0.2) is 11.6 Å². The van der Waals surface area contributed by atoms with Crippen LogP contribution < -0.4 is 10.1 Å². The lowest BCUT2D eigenvalue weighted by atomic mass is 10.1. The van der Waals surface area contributed by atoms with Crippen molar-refractivity contribution < 1.29 is 13.5 Å². The third-order valence-electron chi connectivity index (χ3n) is 3.38. The summed E-state index contributed by atoms with van der Waals surface area (Å²) < 4.78 is 24.2. The molecule has 1 aromatic heterocycles. The van der Waals surface area contributed by atoms with Crippen molar-refractivity contribution in [2.75, 3.05) is 7.11 Å². The molecule has 4 nitrogen and oxygen atoms in total. The van der Waals surface area contributed by atoms with Crippen molar-refractivity contribution in [3.05, 3.63) is 47.4 Å². The highest BCUT2D eigenvalue weighted by Gasteiger charge is 2.12. The minimum Gasteiger partial charge on any atom is -0.494 e. The average molecular weight is 292 g/mol. The van der Waals surface area contributed by atoms with Crippen LogP contribution in [0, 0.1) is 5.82 Å². The van der Waals surface area contributed by atoms with Crippen molar-refractivity contribution in [3.63, 3.8) is 0 Å². The van der Waals surface area contributed by atoms with Crippen molar-refractivity contribution >= 4 is 0 Å². The number of nitrogens with one attached hydrogen (secondary N) is 1. The van der Waals surface area contributed by atoms with E-state index >= 15 is 0 Å². The van der Waals surface area contributed by atoms with Crippen LogP contribution in [0.1, 0.15) is 49.9 Å². The van der Waals surface area contributed by atoms with E-state index in [0.29, 0.717) is 18.4 Å². The quantitative estimate of drug-likeness (QED) is 0.879. The molecule has 114 valence electrons. The Kier molecular flexibility index (Phi) is 4.96. The maximum atomic E-state index is 13.7. The SMILES string of the molecule is COc1ccc([C@H](C)NCc2ncc(C(C)C)o2)cc1F. The second-order valence-corrected chi connectivity index (χ2v) is 5.31. The molecule has 1 N–H and O–H groups in total. The summed E-state index contributed by atoms with van der Waals surface area (Å²) in [6.07, 6.45) is 1.75. The first kappa shape index (κ1) is 15.5. The summed E-state index contributed by atoms with van der Waals surface area (Å²) in [7, 11) is 1.45. The van der Waals surface area contributed by atoms with E-state index in [-0.39, 0.29) is 17.6 Å². The van der Waals surface area contributed by atoms with E-state index < -0.39 is 0 Å². The number of methoxy groups -OCH3 is 1. The fourth-order valence-electron chi connectivity index (χ4n) is 1.98. The Morgan fingerprint density at radius 3 is 2.67 bits per heavy atom. The number of ether oxygens (including phenoxy) is 1. The Morgan fingerprint density at radius 2 is 2.10 bits per heavy atom. The first-order valence-corrected chi connectivity index (χ1v) is 7.02. The van der Waals surface area contributed by atoms with Gasteiger partial charge in [0.2, 0.25) is 5.89 Å². The molecule has 0 saturated heterocycles. The third-order valence-corrected chi connectivity index (χ3v) is 3.38. The molecule has 0 unspecified atom stereocenters. The van der Waals surface area contributed by atoms with Crippen LogP contribution in [-0.4, -0.2) is 12.1 Å². The van der Waals surface area contributed by atoms with Gasteiger partial charge < -0.3 is 14.5 Å². The lowest BCUT2D eigenvalue weighted by Crippen LogP contribution is -2.18. The summed E-state index contributed by atoms with van der Waals surface area (Å²) in [6.45, 7) is 6.58. The Morgan fingerprint density at radius 1 is 1.33 bits per heavy atom. The van der Waals surface area contributed by atoms with Crippen molar-refractivity contribution in [2.24, 2.45) is 0 Å². The highest BCUT2D eigenvalue weighted by Crippen LogP contribution is 2.22. The Balaban J connectivity index is 1.97. The molecule has 1 aromatic carbocycles. The van der Waals surface area contributed by atoms with Gasteiger partial charge in [-0.2, -0.15) is 0 Å². The van der Waals surface area contributed by atoms with Gasteiger partial charge in [-0.3, -0.25) is 0 Å². The van der Waals surface area contributed by atoms with Gasteiger partial charge in [0.25, 0.3) is 0 Å². The van der Waals surface area contributed by atoms with Crippen LogP contribution >= 0.6 is 0 Å². The van der Waals surface area contributed by atoms with Gasteiger partial charge in [0.1, 0.15) is 5.76 Å². The molecule has 0 spiro atoms. The highest BCUT2D eigenvalue weighted by atomic mass is 19.1. The lowest BCUT2D eigenvalue weighted by molar-refractivity contribution is 0.384. The molecular formula is C16H21FN2O2. The van der Waals surface area contributed by atoms with Crippen LogP contribution in [0.5, 0.6) is 5.75 Å². The van der Waals surface area contributed by atoms with Crippen LogP contribution in [-0.2, 0) is 6.54 Å². The van der Waals surface area contributed by atoms with E-state index in [1.807, 2.05) is 13.0 Å². The van der Waals surface area contributed by atoms with Gasteiger partial charge >= 0.3 is 0 Å². The van der Waals surface area contributed by atoms with Crippen molar-refractivity contribution in [2.45, 2.75) is 39.3 Å². The number of hydrogen-bond donors (Lipinski definition) is 1. The highest BCUT2D eigenvalue weighted by molar-refractivity contribution is 5.30. The molecular weight excluding hydrogens is 271 g/mol. The molecule has 2 rings (SSSR count). The van der Waals surface area contributed by atoms with Gasteiger partial charge in [0.05, 0.1) is 19.9 Å². The molecule has 0 aliphatic rings. The largest absolute Gasteiger partial charge is 0.494 e. The van der Waals surface area contributed by atoms with Gasteiger partial charge in [-0.25, -0.2) is 9.37 Å². The first-order valence-electron chi connectivity index (χ1n) is 7.02. The molecule has 0 fully saturated rings. The fourth-order valence-corrected chi connectivity index (χ4v) is 1.98. The van der Waals surface area contributed by atoms with E-state index in [9.17, 15) is 4.39 Å². The number of benzene rings is 1. The zero-order chi connectivity index (χ0) is 15.4. The average Bonchev–Trinajstić information content (AvgIpc) is 2.93. The molecule has 0 saturated carbocycles. The number of halogens is 1. The Labute approximate surface area is 124 Å². The van der Waals surface area contributed by atoms with E-state index in [1.165, 1.54) is 13.2 Å². The molecule has 0 bridgehead atoms. The summed E-state index contributed by atoms with van der Waals surface area (Å²) in [5.74, 6) is 1.72. The number of aromatic nitrogens is 1. The first-order chi connectivity index (χ1) is 10.0. The Bertz CT molecular complexity index is 596. The van der Waals surface area contributed by atoms with Crippen LogP contribution in [0.4, 0.5) is 4.39 Å². The van der Waals surface area contributed by atoms with Gasteiger partial charge in [-0.15, -0.1) is 0 Å². The standard InChI is InChI=1S/C16H21FN2O2/c1-10(2)15-8-19-16(21-15)9-18-11(3)12-5-6-14(20-4)13(17)7-12/h5-8,10-11,18H,9H2,1-4H3/t11-/m0/s1. The fraction of sp³-hybridized carbons (Fsp3) is 0.438. The van der Waals surface area contributed by atoms with E-state index in [2.05, 4.69) is 24.1 Å². The van der Waals surface area contributed by atoms with E-state index in [1.54, 1.807) is 12.3 Å². The zero-order valence-electron chi connectivity index (χ0n) is 12.8. The summed E-state index contributed by atoms with van der Waals surface area (Å²) in [6, 6.07) is 4.94. The van der Waals surface area contributed by atoms with Crippen LogP contribution in [0.3, 0.4) is 0 Å². The minimum atomic E-state index is -0.359. The normalized spacial score (nSPS) is 12.7. The second kappa shape index (κ2) is 6.72. The van der Waals surface area contributed by atoms with Crippen LogP contribution in [0.2, 0.25) is 0 Å². The molecule has 1 atom stereocenters. The number of hydrogen-bond acceptors (Lipinski definition) is 4. The number of nitrogens with zero attached hydrogens (tertiary/aromatic N) is 1. The zero-order valence-corrected chi connectivity index (χ0v) is 12.8. The van der Waals surface area contributed by atoms with Crippen molar-refractivity contribution in [1.29, 1.82) is 0 Å². The van der Waals surface area contributed by atoms with Crippen LogP contribution in [0.25, 0.3) is 0 Å². The maximum absolute atomic E-state index is 13.7. The van der Waals surface area contributed by atoms with Crippen molar-refractivity contribution in [1.82, 2.24) is 10.3 Å². The maximum Gasteiger partial charge on any atom is 0.208 e. The molecule has 0 aliphatic heterocycles. The predicted molar refractivity (Wildman–Crippen MR) is 78.8 cm³/mol. The lowest BCUT2D eigenvalue weighted by Gasteiger charge is -2.14. The van der Waals surface area contributed by atoms with Crippen molar-refractivity contribution in [3.8, 4) is 5.75 Å². The van der Waals surface area contributed by atoms with E-state index in [4.69, 9.17) is 9.15 Å². The van der Waals surface area contributed by atoms with Crippen LogP contribution in [0.15, 0.2) is 28.8 Å². The van der Waals surface area contributed by atoms with Gasteiger partial charge in [-0.1, -0.05) is 19.9 Å². The molecule has 1 heterocycles. The monoisotopic (exact) mass is 292 g/mol. The summed E-state index contributed by atoms with van der Waals surface area (Å²) in [5.41, 5.74) is 0.851. The molecule has 0 aliphatic carbocycles.